The summed E-state index contributed by atoms with van der Waals surface area (Å²) in [5.74, 6) is 0.606. The van der Waals surface area contributed by atoms with E-state index in [2.05, 4.69) is 22.8 Å². The molecule has 0 radical (unpaired) electrons. The molecule has 1 aromatic rings. The lowest BCUT2D eigenvalue weighted by atomic mass is 10.0. The molecule has 1 aliphatic rings. The van der Waals surface area contributed by atoms with E-state index in [-0.39, 0.29) is 24.7 Å². The van der Waals surface area contributed by atoms with E-state index < -0.39 is 0 Å². The average Bonchev–Trinajstić information content (AvgIpc) is 3.23. The number of amides is 2. The summed E-state index contributed by atoms with van der Waals surface area (Å²) in [6.07, 6.45) is 3.86. The van der Waals surface area contributed by atoms with Gasteiger partial charge in [0.2, 0.25) is 0 Å². The summed E-state index contributed by atoms with van der Waals surface area (Å²) in [4.78, 5) is 12.0. The minimum absolute atomic E-state index is 0.00317. The van der Waals surface area contributed by atoms with Crippen molar-refractivity contribution in [3.63, 3.8) is 0 Å². The first kappa shape index (κ1) is 14.9. The normalized spacial score (nSPS) is 17.3. The van der Waals surface area contributed by atoms with Gasteiger partial charge in [0.15, 0.2) is 0 Å². The molecule has 0 aromatic heterocycles. The van der Waals surface area contributed by atoms with Gasteiger partial charge in [0.05, 0.1) is 0 Å². The predicted octanol–water partition coefficient (Wildman–Crippen LogP) is 2.08. The van der Waals surface area contributed by atoms with Crippen LogP contribution in [0.2, 0.25) is 0 Å². The van der Waals surface area contributed by atoms with Crippen LogP contribution in [-0.4, -0.2) is 29.8 Å². The van der Waals surface area contributed by atoms with Crippen LogP contribution in [0.1, 0.15) is 31.7 Å². The summed E-state index contributed by atoms with van der Waals surface area (Å²) >= 11 is 0. The molecule has 110 valence electrons. The summed E-state index contributed by atoms with van der Waals surface area (Å²) in [7, 11) is 0. The fourth-order valence-electron chi connectivity index (χ4n) is 2.40. The standard InChI is InChI=1S/C16H24N2O2/c1-12(9-10-19)17-16(20)18-15(14-7-8-14)11-13-5-3-2-4-6-13/h2-6,12,14-15,19H,7-11H2,1H3,(H2,17,18,20)/t12-,15?/m1/s1. The minimum Gasteiger partial charge on any atom is -0.396 e. The smallest absolute Gasteiger partial charge is 0.315 e. The zero-order valence-corrected chi connectivity index (χ0v) is 12.0. The van der Waals surface area contributed by atoms with Crippen molar-refractivity contribution in [3.05, 3.63) is 35.9 Å². The SMILES string of the molecule is C[C@H](CCO)NC(=O)NC(Cc1ccccc1)C1CC1. The Labute approximate surface area is 120 Å². The molecule has 1 aliphatic carbocycles. The number of nitrogens with one attached hydrogen (secondary N) is 2. The van der Waals surface area contributed by atoms with E-state index in [0.717, 1.165) is 6.42 Å². The third kappa shape index (κ3) is 4.85. The first-order valence-corrected chi connectivity index (χ1v) is 7.41. The highest BCUT2D eigenvalue weighted by Gasteiger charge is 2.32. The number of carbonyl (C=O) groups excluding carboxylic acids is 1. The van der Waals surface area contributed by atoms with Crippen LogP contribution < -0.4 is 10.6 Å². The molecular formula is C16H24N2O2. The molecule has 0 bridgehead atoms. The molecule has 4 nitrogen and oxygen atoms in total. The molecule has 1 fully saturated rings. The van der Waals surface area contributed by atoms with Gasteiger partial charge in [-0.05, 0) is 44.1 Å². The molecule has 20 heavy (non-hydrogen) atoms. The van der Waals surface area contributed by atoms with Crippen molar-refractivity contribution >= 4 is 6.03 Å². The zero-order chi connectivity index (χ0) is 14.4. The summed E-state index contributed by atoms with van der Waals surface area (Å²) in [5, 5.41) is 14.8. The molecule has 1 saturated carbocycles. The van der Waals surface area contributed by atoms with Gasteiger partial charge in [-0.3, -0.25) is 0 Å². The molecule has 4 heteroatoms. The van der Waals surface area contributed by atoms with Crippen LogP contribution in [0.3, 0.4) is 0 Å². The Kier molecular flexibility index (Phi) is 5.41. The highest BCUT2D eigenvalue weighted by molar-refractivity contribution is 5.74. The Morgan fingerprint density at radius 2 is 2.00 bits per heavy atom. The topological polar surface area (TPSA) is 61.4 Å². The lowest BCUT2D eigenvalue weighted by Gasteiger charge is -2.21. The van der Waals surface area contributed by atoms with E-state index in [1.165, 1.54) is 18.4 Å². The van der Waals surface area contributed by atoms with E-state index in [4.69, 9.17) is 5.11 Å². The maximum absolute atomic E-state index is 12.0. The average molecular weight is 276 g/mol. The number of benzene rings is 1. The second-order valence-electron chi connectivity index (χ2n) is 5.66. The van der Waals surface area contributed by atoms with Crippen LogP contribution in [0, 0.1) is 5.92 Å². The Balaban J connectivity index is 1.85. The third-order valence-corrected chi connectivity index (χ3v) is 3.75. The minimum atomic E-state index is -0.126. The van der Waals surface area contributed by atoms with Crippen molar-refractivity contribution in [2.75, 3.05) is 6.61 Å². The first-order valence-electron chi connectivity index (χ1n) is 7.41. The van der Waals surface area contributed by atoms with Crippen molar-refractivity contribution < 1.29 is 9.90 Å². The van der Waals surface area contributed by atoms with E-state index in [1.54, 1.807) is 0 Å². The van der Waals surface area contributed by atoms with Crippen LogP contribution in [-0.2, 0) is 6.42 Å². The Hall–Kier alpha value is -1.55. The van der Waals surface area contributed by atoms with Gasteiger partial charge >= 0.3 is 6.03 Å². The molecule has 2 amide bonds. The molecule has 3 N–H and O–H groups in total. The van der Waals surface area contributed by atoms with E-state index in [9.17, 15) is 4.79 Å². The van der Waals surface area contributed by atoms with Crippen molar-refractivity contribution in [1.29, 1.82) is 0 Å². The first-order chi connectivity index (χ1) is 9.69. The number of aliphatic hydroxyl groups excluding tert-OH is 1. The molecule has 2 rings (SSSR count). The molecule has 0 aliphatic heterocycles. The van der Waals surface area contributed by atoms with Crippen molar-refractivity contribution in [3.8, 4) is 0 Å². The van der Waals surface area contributed by atoms with Crippen molar-refractivity contribution in [2.45, 2.75) is 44.7 Å². The Morgan fingerprint density at radius 3 is 2.60 bits per heavy atom. The molecule has 0 spiro atoms. The zero-order valence-electron chi connectivity index (χ0n) is 12.0. The molecule has 0 heterocycles. The number of hydrogen-bond donors (Lipinski definition) is 3. The van der Waals surface area contributed by atoms with E-state index in [0.29, 0.717) is 12.3 Å². The third-order valence-electron chi connectivity index (χ3n) is 3.75. The number of rotatable bonds is 7. The van der Waals surface area contributed by atoms with Crippen LogP contribution in [0.5, 0.6) is 0 Å². The number of hydrogen-bond acceptors (Lipinski definition) is 2. The number of urea groups is 1. The monoisotopic (exact) mass is 276 g/mol. The maximum atomic E-state index is 12.0. The molecule has 1 unspecified atom stereocenters. The summed E-state index contributed by atoms with van der Waals surface area (Å²) in [6.45, 7) is 2.00. The van der Waals surface area contributed by atoms with Crippen LogP contribution in [0.15, 0.2) is 30.3 Å². The summed E-state index contributed by atoms with van der Waals surface area (Å²) in [6, 6.07) is 10.3. The number of aliphatic hydroxyl groups is 1. The predicted molar refractivity (Wildman–Crippen MR) is 79.5 cm³/mol. The van der Waals surface area contributed by atoms with E-state index >= 15 is 0 Å². The van der Waals surface area contributed by atoms with Gasteiger partial charge in [0, 0.05) is 18.7 Å². The molecular weight excluding hydrogens is 252 g/mol. The van der Waals surface area contributed by atoms with Gasteiger partial charge in [-0.25, -0.2) is 4.79 Å². The highest BCUT2D eigenvalue weighted by atomic mass is 16.3. The lowest BCUT2D eigenvalue weighted by Crippen LogP contribution is -2.47. The van der Waals surface area contributed by atoms with Gasteiger partial charge in [0.25, 0.3) is 0 Å². The van der Waals surface area contributed by atoms with Gasteiger partial charge in [-0.2, -0.15) is 0 Å². The van der Waals surface area contributed by atoms with Crippen molar-refractivity contribution in [1.82, 2.24) is 10.6 Å². The summed E-state index contributed by atoms with van der Waals surface area (Å²) in [5.41, 5.74) is 1.26. The van der Waals surface area contributed by atoms with Gasteiger partial charge in [-0.15, -0.1) is 0 Å². The quantitative estimate of drug-likeness (QED) is 0.714. The Bertz CT molecular complexity index is 418. The second kappa shape index (κ2) is 7.29. The lowest BCUT2D eigenvalue weighted by molar-refractivity contribution is 0.226. The molecule has 0 saturated heterocycles. The Morgan fingerprint density at radius 1 is 1.30 bits per heavy atom. The van der Waals surface area contributed by atoms with Crippen LogP contribution in [0.4, 0.5) is 4.79 Å². The molecule has 2 atom stereocenters. The largest absolute Gasteiger partial charge is 0.396 e. The maximum Gasteiger partial charge on any atom is 0.315 e. The molecule has 1 aromatic carbocycles. The fraction of sp³-hybridized carbons (Fsp3) is 0.562. The van der Waals surface area contributed by atoms with Gasteiger partial charge in [-0.1, -0.05) is 30.3 Å². The van der Waals surface area contributed by atoms with Gasteiger partial charge < -0.3 is 15.7 Å². The van der Waals surface area contributed by atoms with Crippen LogP contribution >= 0.6 is 0 Å². The number of carbonyl (C=O) groups is 1. The van der Waals surface area contributed by atoms with Gasteiger partial charge in [0.1, 0.15) is 0 Å². The summed E-state index contributed by atoms with van der Waals surface area (Å²) < 4.78 is 0. The highest BCUT2D eigenvalue weighted by Crippen LogP contribution is 2.34. The fourth-order valence-corrected chi connectivity index (χ4v) is 2.40. The van der Waals surface area contributed by atoms with Crippen LogP contribution in [0.25, 0.3) is 0 Å². The van der Waals surface area contributed by atoms with Crippen molar-refractivity contribution in [2.24, 2.45) is 5.92 Å². The second-order valence-corrected chi connectivity index (χ2v) is 5.66. The van der Waals surface area contributed by atoms with E-state index in [1.807, 2.05) is 25.1 Å².